The molecule has 0 atom stereocenters. The molecule has 1 heteroatoms. The van der Waals surface area contributed by atoms with E-state index >= 15 is 0 Å². The zero-order valence-electron chi connectivity index (χ0n) is 9.99. The molecule has 0 rings (SSSR count). The fourth-order valence-corrected chi connectivity index (χ4v) is 0.177. The zero-order valence-corrected chi connectivity index (χ0v) is 9.99. The van der Waals surface area contributed by atoms with E-state index in [1.807, 2.05) is 27.8 Å². The van der Waals surface area contributed by atoms with E-state index < -0.39 is 0 Å². The van der Waals surface area contributed by atoms with Crippen molar-refractivity contribution in [2.45, 2.75) is 53.5 Å². The summed E-state index contributed by atoms with van der Waals surface area (Å²) in [7, 11) is 1.99. The summed E-state index contributed by atoms with van der Waals surface area (Å²) >= 11 is 0. The third-order valence-electron chi connectivity index (χ3n) is 1.56. The van der Waals surface area contributed by atoms with E-state index in [0.717, 1.165) is 0 Å². The highest BCUT2D eigenvalue weighted by Gasteiger charge is 2.08. The standard InChI is InChI=1S/C6H15N.C3H6.C2H6/c1-5-6(2,3)7-4;1-3-2;1-2/h7H,5H2,1-4H3;3H,1H2,2H3;1-2H3. The third-order valence-corrected chi connectivity index (χ3v) is 1.56. The van der Waals surface area contributed by atoms with Gasteiger partial charge in [0.15, 0.2) is 0 Å². The van der Waals surface area contributed by atoms with Crippen LogP contribution in [-0.2, 0) is 0 Å². The topological polar surface area (TPSA) is 12.0 Å². The Kier molecular flexibility index (Phi) is 19.6. The van der Waals surface area contributed by atoms with Crippen LogP contribution in [0.1, 0.15) is 48.0 Å². The number of allylic oxidation sites excluding steroid dienone is 1. The summed E-state index contributed by atoms with van der Waals surface area (Å²) in [6, 6.07) is 0. The van der Waals surface area contributed by atoms with Gasteiger partial charge in [0, 0.05) is 5.54 Å². The Morgan fingerprint density at radius 1 is 1.33 bits per heavy atom. The van der Waals surface area contributed by atoms with Gasteiger partial charge in [-0.2, -0.15) is 0 Å². The van der Waals surface area contributed by atoms with Gasteiger partial charge in [-0.25, -0.2) is 0 Å². The van der Waals surface area contributed by atoms with Crippen molar-refractivity contribution >= 4 is 0 Å². The van der Waals surface area contributed by atoms with E-state index in [1.165, 1.54) is 6.42 Å². The molecule has 0 heterocycles. The van der Waals surface area contributed by atoms with Gasteiger partial charge >= 0.3 is 0 Å². The largest absolute Gasteiger partial charge is 0.315 e. The molecular weight excluding hydrogens is 146 g/mol. The Hall–Kier alpha value is -0.300. The molecule has 0 aliphatic rings. The van der Waals surface area contributed by atoms with Crippen molar-refractivity contribution in [2.24, 2.45) is 0 Å². The second kappa shape index (κ2) is 13.3. The van der Waals surface area contributed by atoms with Gasteiger partial charge in [0.1, 0.15) is 0 Å². The number of hydrogen-bond donors (Lipinski definition) is 1. The quantitative estimate of drug-likeness (QED) is 0.629. The highest BCUT2D eigenvalue weighted by Crippen LogP contribution is 2.03. The van der Waals surface area contributed by atoms with Gasteiger partial charge in [-0.3, -0.25) is 0 Å². The molecule has 0 saturated heterocycles. The van der Waals surface area contributed by atoms with Crippen molar-refractivity contribution < 1.29 is 0 Å². The first-order valence-electron chi connectivity index (χ1n) is 4.80. The summed E-state index contributed by atoms with van der Waals surface area (Å²) in [5, 5.41) is 3.19. The maximum atomic E-state index is 3.36. The molecular formula is C11H27N. The highest BCUT2D eigenvalue weighted by atomic mass is 14.9. The lowest BCUT2D eigenvalue weighted by Crippen LogP contribution is -2.34. The Bertz CT molecular complexity index is 69.1. The summed E-state index contributed by atoms with van der Waals surface area (Å²) in [5.41, 5.74) is 0.333. The monoisotopic (exact) mass is 173 g/mol. The van der Waals surface area contributed by atoms with Crippen LogP contribution in [0.15, 0.2) is 12.7 Å². The number of hydrogen-bond acceptors (Lipinski definition) is 1. The molecule has 0 fully saturated rings. The van der Waals surface area contributed by atoms with Gasteiger partial charge in [0.25, 0.3) is 0 Å². The van der Waals surface area contributed by atoms with E-state index in [0.29, 0.717) is 5.54 Å². The van der Waals surface area contributed by atoms with Crippen molar-refractivity contribution in [1.29, 1.82) is 0 Å². The summed E-state index contributed by atoms with van der Waals surface area (Å²) in [5.74, 6) is 0. The van der Waals surface area contributed by atoms with E-state index in [4.69, 9.17) is 0 Å². The first kappa shape index (κ1) is 17.7. The van der Waals surface area contributed by atoms with Crippen LogP contribution in [0.3, 0.4) is 0 Å². The van der Waals surface area contributed by atoms with Crippen LogP contribution in [-0.4, -0.2) is 12.6 Å². The Labute approximate surface area is 79.3 Å². The van der Waals surface area contributed by atoms with Crippen molar-refractivity contribution in [3.63, 3.8) is 0 Å². The Balaban J connectivity index is -0.000000137. The summed E-state index contributed by atoms with van der Waals surface area (Å²) in [6.07, 6.45) is 2.93. The third kappa shape index (κ3) is 22.6. The summed E-state index contributed by atoms with van der Waals surface area (Å²) in [4.78, 5) is 0. The second-order valence-corrected chi connectivity index (χ2v) is 2.90. The van der Waals surface area contributed by atoms with Crippen molar-refractivity contribution in [1.82, 2.24) is 5.32 Å². The fraction of sp³-hybridized carbons (Fsp3) is 0.818. The zero-order chi connectivity index (χ0) is 10.6. The van der Waals surface area contributed by atoms with E-state index in [-0.39, 0.29) is 0 Å². The SMILES string of the molecule is C=CC.CC.CCC(C)(C)NC. The number of nitrogens with one attached hydrogen (secondary N) is 1. The van der Waals surface area contributed by atoms with Crippen molar-refractivity contribution in [3.05, 3.63) is 12.7 Å². The van der Waals surface area contributed by atoms with E-state index in [9.17, 15) is 0 Å². The van der Waals surface area contributed by atoms with Crippen LogP contribution >= 0.6 is 0 Å². The van der Waals surface area contributed by atoms with Crippen LogP contribution in [0.25, 0.3) is 0 Å². The lowest BCUT2D eigenvalue weighted by atomic mass is 10.0. The molecule has 0 aliphatic heterocycles. The van der Waals surface area contributed by atoms with Gasteiger partial charge in [0.05, 0.1) is 0 Å². The molecule has 0 amide bonds. The maximum Gasteiger partial charge on any atom is 0.0119 e. The van der Waals surface area contributed by atoms with E-state index in [2.05, 4.69) is 32.7 Å². The predicted molar refractivity (Wildman–Crippen MR) is 60.6 cm³/mol. The van der Waals surface area contributed by atoms with E-state index in [1.54, 1.807) is 6.08 Å². The lowest BCUT2D eigenvalue weighted by molar-refractivity contribution is 0.411. The minimum atomic E-state index is 0.333. The molecule has 0 aromatic carbocycles. The lowest BCUT2D eigenvalue weighted by Gasteiger charge is -2.20. The fourth-order valence-electron chi connectivity index (χ4n) is 0.177. The average Bonchev–Trinajstić information content (AvgIpc) is 2.10. The second-order valence-electron chi connectivity index (χ2n) is 2.90. The van der Waals surface area contributed by atoms with Gasteiger partial charge in [-0.05, 0) is 34.2 Å². The molecule has 0 radical (unpaired) electrons. The smallest absolute Gasteiger partial charge is 0.0119 e. The van der Waals surface area contributed by atoms with Crippen LogP contribution in [0.4, 0.5) is 0 Å². The Morgan fingerprint density at radius 2 is 1.58 bits per heavy atom. The van der Waals surface area contributed by atoms with Crippen LogP contribution in [0.2, 0.25) is 0 Å². The normalized spacial score (nSPS) is 8.58. The van der Waals surface area contributed by atoms with Gasteiger partial charge < -0.3 is 5.32 Å². The first-order chi connectivity index (χ1) is 5.54. The molecule has 0 bridgehead atoms. The van der Waals surface area contributed by atoms with Gasteiger partial charge in [0.2, 0.25) is 0 Å². The summed E-state index contributed by atoms with van der Waals surface area (Å²) in [6.45, 7) is 15.8. The molecule has 1 N–H and O–H groups in total. The molecule has 0 saturated carbocycles. The molecule has 1 nitrogen and oxygen atoms in total. The van der Waals surface area contributed by atoms with Gasteiger partial charge in [-0.1, -0.05) is 26.8 Å². The first-order valence-corrected chi connectivity index (χ1v) is 4.80. The van der Waals surface area contributed by atoms with Gasteiger partial charge in [-0.15, -0.1) is 6.58 Å². The number of rotatable bonds is 2. The molecule has 0 aromatic rings. The molecule has 12 heavy (non-hydrogen) atoms. The highest BCUT2D eigenvalue weighted by molar-refractivity contribution is 4.71. The van der Waals surface area contributed by atoms with Crippen molar-refractivity contribution in [3.8, 4) is 0 Å². The molecule has 0 unspecified atom stereocenters. The summed E-state index contributed by atoms with van der Waals surface area (Å²) < 4.78 is 0. The predicted octanol–water partition coefficient (Wildman–Crippen LogP) is 3.61. The molecule has 0 spiro atoms. The van der Waals surface area contributed by atoms with Crippen LogP contribution in [0.5, 0.6) is 0 Å². The van der Waals surface area contributed by atoms with Crippen LogP contribution in [0, 0.1) is 0 Å². The maximum absolute atomic E-state index is 3.36. The molecule has 0 aromatic heterocycles. The Morgan fingerprint density at radius 3 is 1.58 bits per heavy atom. The minimum Gasteiger partial charge on any atom is -0.315 e. The average molecular weight is 173 g/mol. The van der Waals surface area contributed by atoms with Crippen molar-refractivity contribution in [2.75, 3.05) is 7.05 Å². The molecule has 76 valence electrons. The molecule has 0 aliphatic carbocycles. The van der Waals surface area contributed by atoms with Crippen LogP contribution < -0.4 is 5.32 Å². The minimum absolute atomic E-state index is 0.333.